The lowest BCUT2D eigenvalue weighted by molar-refractivity contribution is 0.488. The van der Waals surface area contributed by atoms with Gasteiger partial charge in [0.2, 0.25) is 0 Å². The summed E-state index contributed by atoms with van der Waals surface area (Å²) >= 11 is 0. The van der Waals surface area contributed by atoms with E-state index in [-0.39, 0.29) is 5.30 Å². The van der Waals surface area contributed by atoms with E-state index in [1.807, 2.05) is 0 Å². The molecule has 6 rings (SSSR count). The molecule has 0 aromatic heterocycles. The van der Waals surface area contributed by atoms with Crippen LogP contribution in [0.4, 0.5) is 26.3 Å². The summed E-state index contributed by atoms with van der Waals surface area (Å²) in [4.78, 5) is 0. The second-order valence-corrected chi connectivity index (χ2v) is 11.9. The lowest BCUT2D eigenvalue weighted by Crippen LogP contribution is -2.27. The average Bonchev–Trinajstić information content (AvgIpc) is 3.31. The van der Waals surface area contributed by atoms with E-state index in [1.165, 1.54) is 30.3 Å². The molecule has 5 aromatic rings. The molecule has 0 fully saturated rings. The molecular weight excluding hydrogens is 569 g/mol. The number of halogens is 6. The average molecular weight is 584 g/mol. The Morgan fingerprint density at radius 3 is 1.17 bits per heavy atom. The normalized spacial score (nSPS) is 12.4. The molecule has 0 spiro atoms. The summed E-state index contributed by atoms with van der Waals surface area (Å²) < 4.78 is 110. The first kappa shape index (κ1) is 27.2. The predicted molar refractivity (Wildman–Crippen MR) is 149 cm³/mol. The van der Waals surface area contributed by atoms with Crippen molar-refractivity contribution in [3.63, 3.8) is 0 Å². The largest absolute Gasteiger partial charge is 0.308 e. The molecular formula is C34H15F6OP. The highest BCUT2D eigenvalue weighted by molar-refractivity contribution is 7.86. The molecule has 0 atom stereocenters. The Morgan fingerprint density at radius 2 is 0.786 bits per heavy atom. The molecule has 0 bridgehead atoms. The Morgan fingerprint density at radius 1 is 0.429 bits per heavy atom. The Labute approximate surface area is 236 Å². The summed E-state index contributed by atoms with van der Waals surface area (Å²) in [7, 11) is -4.82. The van der Waals surface area contributed by atoms with Crippen molar-refractivity contribution in [1.29, 1.82) is 0 Å². The van der Waals surface area contributed by atoms with Crippen LogP contribution >= 0.6 is 7.14 Å². The molecule has 0 saturated heterocycles. The second-order valence-electron chi connectivity index (χ2n) is 9.26. The van der Waals surface area contributed by atoms with Crippen molar-refractivity contribution in [2.24, 2.45) is 0 Å². The second kappa shape index (κ2) is 10.5. The minimum absolute atomic E-state index is 0.205. The zero-order chi connectivity index (χ0) is 29.6. The van der Waals surface area contributed by atoms with Gasteiger partial charge in [-0.2, -0.15) is 0 Å². The molecule has 0 radical (unpaired) electrons. The van der Waals surface area contributed by atoms with E-state index in [9.17, 15) is 4.57 Å². The quantitative estimate of drug-likeness (QED) is 0.0886. The van der Waals surface area contributed by atoms with Gasteiger partial charge in [-0.3, -0.25) is 0 Å². The third kappa shape index (κ3) is 4.14. The standard InChI is InChI=1S/C34H15F6OP/c35-27-23(18-16-20-10-4-1-5-11-20)29(37)33-25(31(27)39)26-32(40)28(36)24(19-17-21-12-6-2-7-13-21)30(38)34(26)42(33,41)22-14-8-3-9-15-22/h1-15H. The van der Waals surface area contributed by atoms with Crippen LogP contribution < -0.4 is 15.9 Å². The zero-order valence-electron chi connectivity index (χ0n) is 21.3. The molecule has 1 aliphatic rings. The van der Waals surface area contributed by atoms with Gasteiger partial charge in [-0.25, -0.2) is 26.3 Å². The van der Waals surface area contributed by atoms with Crippen LogP contribution in [-0.2, 0) is 4.57 Å². The number of hydrogen-bond donors (Lipinski definition) is 0. The summed E-state index contributed by atoms with van der Waals surface area (Å²) in [6, 6.07) is 22.9. The summed E-state index contributed by atoms with van der Waals surface area (Å²) in [5.74, 6) is -0.935. The maximum Gasteiger partial charge on any atom is 0.178 e. The summed E-state index contributed by atoms with van der Waals surface area (Å²) in [6.45, 7) is 0. The van der Waals surface area contributed by atoms with Crippen LogP contribution in [0.1, 0.15) is 22.3 Å². The van der Waals surface area contributed by atoms with Gasteiger partial charge in [-0.1, -0.05) is 90.4 Å². The highest BCUT2D eigenvalue weighted by Crippen LogP contribution is 2.56. The summed E-state index contributed by atoms with van der Waals surface area (Å²) in [5, 5.41) is -2.19. The lowest BCUT2D eigenvalue weighted by Gasteiger charge is -2.18. The van der Waals surface area contributed by atoms with Crippen LogP contribution in [0.25, 0.3) is 11.1 Å². The van der Waals surface area contributed by atoms with E-state index in [2.05, 4.69) is 23.7 Å². The highest BCUT2D eigenvalue weighted by atomic mass is 31.2. The van der Waals surface area contributed by atoms with E-state index < -0.39 is 74.9 Å². The first-order valence-corrected chi connectivity index (χ1v) is 14.2. The SMILES string of the molecule is O=P1(c2ccccc2)c2c(F)c(C#Cc3ccccc3)c(F)c(F)c2-c2c(F)c(F)c(C#Cc3ccccc3)c(F)c21. The number of rotatable bonds is 1. The van der Waals surface area contributed by atoms with E-state index in [1.54, 1.807) is 60.7 Å². The van der Waals surface area contributed by atoms with Gasteiger partial charge in [0.1, 0.15) is 11.1 Å². The van der Waals surface area contributed by atoms with Crippen molar-refractivity contribution >= 4 is 23.1 Å². The van der Waals surface area contributed by atoms with Crippen LogP contribution in [0.15, 0.2) is 91.0 Å². The van der Waals surface area contributed by atoms with Gasteiger partial charge in [0.25, 0.3) is 0 Å². The zero-order valence-corrected chi connectivity index (χ0v) is 22.2. The fourth-order valence-corrected chi connectivity index (χ4v) is 8.04. The van der Waals surface area contributed by atoms with Gasteiger partial charge in [0.05, 0.1) is 10.6 Å². The van der Waals surface area contributed by atoms with Crippen molar-refractivity contribution in [2.75, 3.05) is 0 Å². The summed E-state index contributed by atoms with van der Waals surface area (Å²) in [5.41, 5.74) is -3.79. The molecule has 204 valence electrons. The van der Waals surface area contributed by atoms with Crippen LogP contribution in [0, 0.1) is 58.6 Å². The maximum atomic E-state index is 16.2. The maximum absolute atomic E-state index is 16.2. The Balaban J connectivity index is 1.70. The van der Waals surface area contributed by atoms with Gasteiger partial charge in [0.15, 0.2) is 42.0 Å². The molecule has 42 heavy (non-hydrogen) atoms. The van der Waals surface area contributed by atoms with Crippen LogP contribution in [0.3, 0.4) is 0 Å². The van der Waals surface area contributed by atoms with E-state index in [0.29, 0.717) is 11.1 Å². The van der Waals surface area contributed by atoms with Crippen molar-refractivity contribution in [3.8, 4) is 34.8 Å². The minimum Gasteiger partial charge on any atom is -0.308 e. The number of hydrogen-bond acceptors (Lipinski definition) is 1. The first-order chi connectivity index (χ1) is 20.2. The number of benzene rings is 5. The van der Waals surface area contributed by atoms with Gasteiger partial charge in [-0.05, 0) is 24.3 Å². The lowest BCUT2D eigenvalue weighted by atomic mass is 9.99. The predicted octanol–water partition coefficient (Wildman–Crippen LogP) is 6.94. The van der Waals surface area contributed by atoms with Crippen LogP contribution in [0.5, 0.6) is 0 Å². The molecule has 0 saturated carbocycles. The Hall–Kier alpha value is -4.97. The van der Waals surface area contributed by atoms with Crippen molar-refractivity contribution < 1.29 is 30.9 Å². The van der Waals surface area contributed by atoms with Gasteiger partial charge in [-0.15, -0.1) is 0 Å². The van der Waals surface area contributed by atoms with Gasteiger partial charge < -0.3 is 4.57 Å². The van der Waals surface area contributed by atoms with Gasteiger partial charge >= 0.3 is 0 Å². The highest BCUT2D eigenvalue weighted by Gasteiger charge is 2.51. The third-order valence-corrected chi connectivity index (χ3v) is 9.93. The minimum atomic E-state index is -4.82. The fraction of sp³-hybridized carbons (Fsp3) is 0. The Bertz CT molecular complexity index is 1940. The molecule has 1 nitrogen and oxygen atoms in total. The molecule has 8 heteroatoms. The number of fused-ring (bicyclic) bond motifs is 3. The smallest absolute Gasteiger partial charge is 0.178 e. The molecule has 1 heterocycles. The third-order valence-electron chi connectivity index (χ3n) is 6.80. The summed E-state index contributed by atoms with van der Waals surface area (Å²) in [6.07, 6.45) is 0. The molecule has 0 amide bonds. The van der Waals surface area contributed by atoms with Gasteiger partial charge in [0, 0.05) is 27.6 Å². The van der Waals surface area contributed by atoms with E-state index >= 15 is 26.3 Å². The van der Waals surface area contributed by atoms with Crippen molar-refractivity contribution in [1.82, 2.24) is 0 Å². The molecule has 1 aliphatic heterocycles. The monoisotopic (exact) mass is 584 g/mol. The molecule has 5 aromatic carbocycles. The van der Waals surface area contributed by atoms with Crippen molar-refractivity contribution in [2.45, 2.75) is 0 Å². The molecule has 0 N–H and O–H groups in total. The van der Waals surface area contributed by atoms with Crippen molar-refractivity contribution in [3.05, 3.63) is 148 Å². The molecule has 0 aliphatic carbocycles. The first-order valence-electron chi connectivity index (χ1n) is 12.5. The Kier molecular flexibility index (Phi) is 6.77. The topological polar surface area (TPSA) is 17.1 Å². The van der Waals surface area contributed by atoms with E-state index in [4.69, 9.17) is 0 Å². The van der Waals surface area contributed by atoms with Crippen LogP contribution in [-0.4, -0.2) is 0 Å². The fourth-order valence-electron chi connectivity index (χ4n) is 4.88. The molecule has 0 unspecified atom stereocenters. The van der Waals surface area contributed by atoms with E-state index in [0.717, 1.165) is 0 Å². The van der Waals surface area contributed by atoms with Crippen LogP contribution in [0.2, 0.25) is 0 Å².